The zero-order valence-corrected chi connectivity index (χ0v) is 10.7. The zero-order valence-electron chi connectivity index (χ0n) is 9.98. The highest BCUT2D eigenvalue weighted by Gasteiger charge is 2.39. The van der Waals surface area contributed by atoms with Gasteiger partial charge in [0.1, 0.15) is 0 Å². The maximum atomic E-state index is 6.33. The first-order chi connectivity index (χ1) is 8.25. The lowest BCUT2D eigenvalue weighted by Gasteiger charge is -2.40. The van der Waals surface area contributed by atoms with Crippen LogP contribution in [0.15, 0.2) is 24.3 Å². The molecule has 1 aromatic carbocycles. The van der Waals surface area contributed by atoms with Crippen LogP contribution >= 0.6 is 11.6 Å². The van der Waals surface area contributed by atoms with Crippen molar-refractivity contribution in [3.8, 4) is 0 Å². The Morgan fingerprint density at radius 1 is 1.24 bits per heavy atom. The molecule has 0 radical (unpaired) electrons. The summed E-state index contributed by atoms with van der Waals surface area (Å²) in [6, 6.07) is 9.59. The predicted molar refractivity (Wildman–Crippen MR) is 71.1 cm³/mol. The van der Waals surface area contributed by atoms with E-state index in [4.69, 9.17) is 17.3 Å². The van der Waals surface area contributed by atoms with Gasteiger partial charge in [-0.15, -0.1) is 0 Å². The molecule has 3 rings (SSSR count). The Bertz CT molecular complexity index is 403. The Morgan fingerprint density at radius 2 is 2.06 bits per heavy atom. The van der Waals surface area contributed by atoms with E-state index in [1.54, 1.807) is 0 Å². The van der Waals surface area contributed by atoms with Gasteiger partial charge in [0.25, 0.3) is 0 Å². The molecule has 92 valence electrons. The van der Waals surface area contributed by atoms with Crippen LogP contribution in [0.1, 0.15) is 37.3 Å². The summed E-state index contributed by atoms with van der Waals surface area (Å²) in [7, 11) is 0. The standard InChI is InChI=1S/C14H19ClN2/c15-11-4-1-3-10(9-11)14-13(16)5-2-8-17(14)12-6-7-12/h1,3-4,9,12-14H,2,5-8,16H2. The number of hydrogen-bond acceptors (Lipinski definition) is 2. The second kappa shape index (κ2) is 4.60. The lowest BCUT2D eigenvalue weighted by atomic mass is 9.91. The summed E-state index contributed by atoms with van der Waals surface area (Å²) in [5.41, 5.74) is 7.62. The molecule has 1 aliphatic carbocycles. The second-order valence-electron chi connectivity index (χ2n) is 5.27. The first-order valence-electron chi connectivity index (χ1n) is 6.52. The number of nitrogens with zero attached hydrogens (tertiary/aromatic N) is 1. The maximum Gasteiger partial charge on any atom is 0.0502 e. The Balaban J connectivity index is 1.90. The number of rotatable bonds is 2. The van der Waals surface area contributed by atoms with E-state index in [1.165, 1.54) is 31.4 Å². The quantitative estimate of drug-likeness (QED) is 0.875. The third kappa shape index (κ3) is 2.35. The number of likely N-dealkylation sites (tertiary alicyclic amines) is 1. The lowest BCUT2D eigenvalue weighted by Crippen LogP contribution is -2.46. The summed E-state index contributed by atoms with van der Waals surface area (Å²) in [4.78, 5) is 2.60. The molecular weight excluding hydrogens is 232 g/mol. The summed E-state index contributed by atoms with van der Waals surface area (Å²) < 4.78 is 0. The van der Waals surface area contributed by atoms with E-state index in [9.17, 15) is 0 Å². The molecule has 1 aliphatic heterocycles. The van der Waals surface area contributed by atoms with Crippen LogP contribution in [0.4, 0.5) is 0 Å². The van der Waals surface area contributed by atoms with Gasteiger partial charge in [-0.2, -0.15) is 0 Å². The molecule has 3 heteroatoms. The van der Waals surface area contributed by atoms with Gasteiger partial charge in [0.05, 0.1) is 6.04 Å². The van der Waals surface area contributed by atoms with Crippen molar-refractivity contribution in [1.29, 1.82) is 0 Å². The number of halogens is 1. The first-order valence-corrected chi connectivity index (χ1v) is 6.90. The molecule has 2 unspecified atom stereocenters. The average molecular weight is 251 g/mol. The van der Waals surface area contributed by atoms with Crippen LogP contribution in [0.3, 0.4) is 0 Å². The molecule has 0 bridgehead atoms. The van der Waals surface area contributed by atoms with Gasteiger partial charge in [0.2, 0.25) is 0 Å². The van der Waals surface area contributed by atoms with Gasteiger partial charge in [-0.05, 0) is 49.9 Å². The number of nitrogens with two attached hydrogens (primary N) is 1. The van der Waals surface area contributed by atoms with Crippen LogP contribution < -0.4 is 5.73 Å². The summed E-state index contributed by atoms with van der Waals surface area (Å²) in [6.45, 7) is 1.19. The van der Waals surface area contributed by atoms with Gasteiger partial charge in [0.15, 0.2) is 0 Å². The normalized spacial score (nSPS) is 30.5. The van der Waals surface area contributed by atoms with Gasteiger partial charge < -0.3 is 5.73 Å². The van der Waals surface area contributed by atoms with E-state index in [1.807, 2.05) is 12.1 Å². The fraction of sp³-hybridized carbons (Fsp3) is 0.571. The van der Waals surface area contributed by atoms with Gasteiger partial charge in [-0.25, -0.2) is 0 Å². The van der Waals surface area contributed by atoms with Gasteiger partial charge >= 0.3 is 0 Å². The highest BCUT2D eigenvalue weighted by Crippen LogP contribution is 2.39. The Labute approximate surface area is 108 Å². The molecular formula is C14H19ClN2. The van der Waals surface area contributed by atoms with Crippen LogP contribution in [0, 0.1) is 0 Å². The molecule has 2 atom stereocenters. The summed E-state index contributed by atoms with van der Waals surface area (Å²) in [6.07, 6.45) is 5.03. The predicted octanol–water partition coefficient (Wildman–Crippen LogP) is 2.97. The van der Waals surface area contributed by atoms with Crippen molar-refractivity contribution in [2.45, 2.75) is 43.8 Å². The van der Waals surface area contributed by atoms with Crippen LogP contribution in [0.2, 0.25) is 5.02 Å². The van der Waals surface area contributed by atoms with E-state index >= 15 is 0 Å². The Hall–Kier alpha value is -0.570. The largest absolute Gasteiger partial charge is 0.326 e. The Kier molecular flexibility index (Phi) is 3.12. The van der Waals surface area contributed by atoms with Crippen LogP contribution in [-0.4, -0.2) is 23.5 Å². The van der Waals surface area contributed by atoms with Gasteiger partial charge in [-0.1, -0.05) is 23.7 Å². The van der Waals surface area contributed by atoms with Crippen molar-refractivity contribution < 1.29 is 0 Å². The maximum absolute atomic E-state index is 6.33. The van der Waals surface area contributed by atoms with Crippen molar-refractivity contribution >= 4 is 11.6 Å². The minimum absolute atomic E-state index is 0.253. The zero-order chi connectivity index (χ0) is 11.8. The molecule has 2 N–H and O–H groups in total. The van der Waals surface area contributed by atoms with Crippen molar-refractivity contribution in [3.05, 3.63) is 34.9 Å². The monoisotopic (exact) mass is 250 g/mol. The first kappa shape index (κ1) is 11.5. The fourth-order valence-corrected chi connectivity index (χ4v) is 3.20. The van der Waals surface area contributed by atoms with Gasteiger partial charge in [0, 0.05) is 17.1 Å². The SMILES string of the molecule is NC1CCCN(C2CC2)C1c1cccc(Cl)c1. The van der Waals surface area contributed by atoms with Crippen molar-refractivity contribution in [3.63, 3.8) is 0 Å². The summed E-state index contributed by atoms with van der Waals surface area (Å²) in [5, 5.41) is 0.816. The Morgan fingerprint density at radius 3 is 2.76 bits per heavy atom. The minimum atomic E-state index is 0.253. The van der Waals surface area contributed by atoms with Crippen LogP contribution in [0.25, 0.3) is 0 Å². The molecule has 17 heavy (non-hydrogen) atoms. The van der Waals surface area contributed by atoms with Crippen LogP contribution in [0.5, 0.6) is 0 Å². The van der Waals surface area contributed by atoms with E-state index in [-0.39, 0.29) is 6.04 Å². The molecule has 1 saturated carbocycles. The van der Waals surface area contributed by atoms with Crippen molar-refractivity contribution in [2.24, 2.45) is 5.73 Å². The van der Waals surface area contributed by atoms with Gasteiger partial charge in [-0.3, -0.25) is 4.90 Å². The van der Waals surface area contributed by atoms with E-state index in [0.717, 1.165) is 17.5 Å². The highest BCUT2D eigenvalue weighted by molar-refractivity contribution is 6.30. The number of hydrogen-bond donors (Lipinski definition) is 1. The molecule has 1 aromatic rings. The molecule has 1 heterocycles. The van der Waals surface area contributed by atoms with Crippen molar-refractivity contribution in [1.82, 2.24) is 4.90 Å². The minimum Gasteiger partial charge on any atom is -0.326 e. The third-order valence-electron chi connectivity index (χ3n) is 3.92. The molecule has 2 fully saturated rings. The van der Waals surface area contributed by atoms with Crippen molar-refractivity contribution in [2.75, 3.05) is 6.54 Å². The molecule has 0 aromatic heterocycles. The highest BCUT2D eigenvalue weighted by atomic mass is 35.5. The average Bonchev–Trinajstić information content (AvgIpc) is 3.12. The van der Waals surface area contributed by atoms with Crippen LogP contribution in [-0.2, 0) is 0 Å². The molecule has 2 nitrogen and oxygen atoms in total. The van der Waals surface area contributed by atoms with E-state index in [0.29, 0.717) is 6.04 Å². The smallest absolute Gasteiger partial charge is 0.0502 e. The van der Waals surface area contributed by atoms with E-state index < -0.39 is 0 Å². The summed E-state index contributed by atoms with van der Waals surface area (Å²) >= 11 is 6.10. The molecule has 0 amide bonds. The third-order valence-corrected chi connectivity index (χ3v) is 4.16. The van der Waals surface area contributed by atoms with E-state index in [2.05, 4.69) is 17.0 Å². The molecule has 2 aliphatic rings. The topological polar surface area (TPSA) is 29.3 Å². The molecule has 1 saturated heterocycles. The fourth-order valence-electron chi connectivity index (χ4n) is 3.00. The lowest BCUT2D eigenvalue weighted by molar-refractivity contribution is 0.120. The number of benzene rings is 1. The summed E-state index contributed by atoms with van der Waals surface area (Å²) in [5.74, 6) is 0. The second-order valence-corrected chi connectivity index (χ2v) is 5.71. The molecule has 0 spiro atoms. The number of piperidine rings is 1.